The van der Waals surface area contributed by atoms with Gasteiger partial charge < -0.3 is 4.74 Å². The fraction of sp³-hybridized carbons (Fsp3) is 0.500. The molecule has 0 aromatic carbocycles. The van der Waals surface area contributed by atoms with Gasteiger partial charge in [0.25, 0.3) is 0 Å². The molecule has 0 aromatic rings. The van der Waals surface area contributed by atoms with Crippen molar-refractivity contribution in [2.75, 3.05) is 13.3 Å². The minimum Gasteiger partial charge on any atom is -0.339 e. The number of ether oxygens (including phenoxy) is 1. The minimum absolute atomic E-state index is 0.486. The third kappa shape index (κ3) is 0.889. The van der Waals surface area contributed by atoms with Crippen LogP contribution in [0.3, 0.4) is 0 Å². The summed E-state index contributed by atoms with van der Waals surface area (Å²) < 4.78 is 4.75. The molecule has 3 nitrogen and oxygen atoms in total. The van der Waals surface area contributed by atoms with Gasteiger partial charge in [0.15, 0.2) is 0 Å². The SMILES string of the molecule is N#C[C]1CNCO1. The van der Waals surface area contributed by atoms with Crippen molar-refractivity contribution in [3.05, 3.63) is 6.10 Å². The minimum atomic E-state index is 0.486. The van der Waals surface area contributed by atoms with E-state index in [1.54, 1.807) is 0 Å². The normalized spacial score (nSPS) is 22.1. The molecule has 0 aliphatic carbocycles. The van der Waals surface area contributed by atoms with Crippen LogP contribution >= 0.6 is 0 Å². The summed E-state index contributed by atoms with van der Waals surface area (Å²) in [5.41, 5.74) is 0. The Kier molecular flexibility index (Phi) is 1.25. The van der Waals surface area contributed by atoms with Gasteiger partial charge in [-0.25, -0.2) is 0 Å². The zero-order valence-electron chi connectivity index (χ0n) is 3.77. The van der Waals surface area contributed by atoms with Crippen LogP contribution in [0.5, 0.6) is 0 Å². The third-order valence-corrected chi connectivity index (χ3v) is 0.759. The van der Waals surface area contributed by atoms with Crippen LogP contribution in [0, 0.1) is 17.4 Å². The second kappa shape index (κ2) is 1.92. The van der Waals surface area contributed by atoms with Crippen molar-refractivity contribution in [2.45, 2.75) is 0 Å². The molecule has 0 bridgehead atoms. The number of nitrogens with zero attached hydrogens (tertiary/aromatic N) is 1. The van der Waals surface area contributed by atoms with Crippen LogP contribution in [-0.4, -0.2) is 13.3 Å². The first-order valence-electron chi connectivity index (χ1n) is 2.03. The Balaban J connectivity index is 2.31. The van der Waals surface area contributed by atoms with E-state index in [9.17, 15) is 0 Å². The fourth-order valence-electron chi connectivity index (χ4n) is 0.426. The van der Waals surface area contributed by atoms with Crippen molar-refractivity contribution in [2.24, 2.45) is 0 Å². The van der Waals surface area contributed by atoms with E-state index in [0.717, 1.165) is 0 Å². The van der Waals surface area contributed by atoms with Crippen LogP contribution in [-0.2, 0) is 4.74 Å². The number of nitriles is 1. The molecule has 0 spiro atoms. The lowest BCUT2D eigenvalue weighted by molar-refractivity contribution is 0.218. The second-order valence-corrected chi connectivity index (χ2v) is 1.25. The van der Waals surface area contributed by atoms with Crippen molar-refractivity contribution in [3.8, 4) is 6.07 Å². The summed E-state index contributed by atoms with van der Waals surface area (Å²) >= 11 is 0. The summed E-state index contributed by atoms with van der Waals surface area (Å²) in [7, 11) is 0. The second-order valence-electron chi connectivity index (χ2n) is 1.25. The van der Waals surface area contributed by atoms with Crippen LogP contribution in [0.1, 0.15) is 0 Å². The Labute approximate surface area is 41.9 Å². The molecule has 1 saturated heterocycles. The lowest BCUT2D eigenvalue weighted by Crippen LogP contribution is -2.06. The molecule has 0 aromatic heterocycles. The van der Waals surface area contributed by atoms with Gasteiger partial charge in [-0.1, -0.05) is 0 Å². The fourth-order valence-corrected chi connectivity index (χ4v) is 0.426. The highest BCUT2D eigenvalue weighted by Gasteiger charge is 2.13. The van der Waals surface area contributed by atoms with Crippen LogP contribution in [0.25, 0.3) is 0 Å². The number of rotatable bonds is 0. The lowest BCUT2D eigenvalue weighted by atomic mass is 10.4. The largest absolute Gasteiger partial charge is 0.339 e. The molecule has 0 atom stereocenters. The van der Waals surface area contributed by atoms with E-state index in [-0.39, 0.29) is 0 Å². The molecule has 3 heteroatoms. The maximum absolute atomic E-state index is 8.11. The summed E-state index contributed by atoms with van der Waals surface area (Å²) in [6, 6.07) is 1.90. The molecule has 0 unspecified atom stereocenters. The van der Waals surface area contributed by atoms with E-state index in [2.05, 4.69) is 5.32 Å². The highest BCUT2D eigenvalue weighted by Crippen LogP contribution is 2.01. The molecule has 1 aliphatic heterocycles. The molecular weight excluding hydrogens is 92.1 g/mol. The molecule has 37 valence electrons. The van der Waals surface area contributed by atoms with E-state index in [4.69, 9.17) is 10.00 Å². The smallest absolute Gasteiger partial charge is 0.211 e. The van der Waals surface area contributed by atoms with Crippen molar-refractivity contribution < 1.29 is 4.74 Å². The molecule has 7 heavy (non-hydrogen) atoms. The quantitative estimate of drug-likeness (QED) is 0.448. The van der Waals surface area contributed by atoms with Gasteiger partial charge in [0, 0.05) is 6.54 Å². The van der Waals surface area contributed by atoms with E-state index in [1.165, 1.54) is 0 Å². The highest BCUT2D eigenvalue weighted by molar-refractivity contribution is 5.06. The van der Waals surface area contributed by atoms with Crippen molar-refractivity contribution >= 4 is 0 Å². The molecule has 1 N–H and O–H groups in total. The zero-order chi connectivity index (χ0) is 5.11. The van der Waals surface area contributed by atoms with Crippen molar-refractivity contribution in [1.82, 2.24) is 5.32 Å². The van der Waals surface area contributed by atoms with Gasteiger partial charge >= 0.3 is 0 Å². The summed E-state index contributed by atoms with van der Waals surface area (Å²) in [6.07, 6.45) is 0.486. The summed E-state index contributed by atoms with van der Waals surface area (Å²) in [4.78, 5) is 0. The average Bonchev–Trinajstić information content (AvgIpc) is 2.14. The van der Waals surface area contributed by atoms with Gasteiger partial charge in [-0.3, -0.25) is 5.32 Å². The summed E-state index contributed by atoms with van der Waals surface area (Å²) in [5, 5.41) is 11.0. The van der Waals surface area contributed by atoms with Crippen LogP contribution in [0.15, 0.2) is 0 Å². The van der Waals surface area contributed by atoms with E-state index >= 15 is 0 Å². The maximum atomic E-state index is 8.11. The molecule has 1 rings (SSSR count). The molecule has 1 aliphatic rings. The van der Waals surface area contributed by atoms with E-state index < -0.39 is 0 Å². The molecule has 1 radical (unpaired) electrons. The Hall–Kier alpha value is -0.590. The number of nitrogens with one attached hydrogen (secondary N) is 1. The van der Waals surface area contributed by atoms with Gasteiger partial charge in [0.2, 0.25) is 6.10 Å². The van der Waals surface area contributed by atoms with Crippen LogP contribution < -0.4 is 5.32 Å². The van der Waals surface area contributed by atoms with Gasteiger partial charge in [-0.05, 0) is 0 Å². The molecule has 1 fully saturated rings. The van der Waals surface area contributed by atoms with Crippen molar-refractivity contribution in [3.63, 3.8) is 0 Å². The van der Waals surface area contributed by atoms with Gasteiger partial charge in [0.1, 0.15) is 6.07 Å². The standard InChI is InChI=1S/C4H5N2O/c5-1-4-2-6-3-7-4/h6H,2-3H2. The van der Waals surface area contributed by atoms with Crippen LogP contribution in [0.2, 0.25) is 0 Å². The Morgan fingerprint density at radius 2 is 2.71 bits per heavy atom. The maximum Gasteiger partial charge on any atom is 0.211 e. The molecular formula is C4H5N2O. The highest BCUT2D eigenvalue weighted by atomic mass is 16.5. The third-order valence-electron chi connectivity index (χ3n) is 0.759. The monoisotopic (exact) mass is 97.0 g/mol. The first-order chi connectivity index (χ1) is 3.43. The Bertz CT molecular complexity index is 90.4. The predicted molar refractivity (Wildman–Crippen MR) is 22.8 cm³/mol. The lowest BCUT2D eigenvalue weighted by Gasteiger charge is -1.86. The first kappa shape index (κ1) is 4.57. The predicted octanol–water partition coefficient (Wildman–Crippen LogP) is -0.381. The first-order valence-corrected chi connectivity index (χ1v) is 2.03. The van der Waals surface area contributed by atoms with Gasteiger partial charge in [-0.15, -0.1) is 0 Å². The van der Waals surface area contributed by atoms with Gasteiger partial charge in [-0.2, -0.15) is 5.26 Å². The summed E-state index contributed by atoms with van der Waals surface area (Å²) in [5.74, 6) is 0. The number of hydrogen-bond donors (Lipinski definition) is 1. The zero-order valence-corrected chi connectivity index (χ0v) is 3.77. The van der Waals surface area contributed by atoms with E-state index in [0.29, 0.717) is 19.4 Å². The molecule has 1 heterocycles. The molecule has 0 saturated carbocycles. The van der Waals surface area contributed by atoms with E-state index in [1.807, 2.05) is 6.07 Å². The summed E-state index contributed by atoms with van der Waals surface area (Å²) in [6.45, 7) is 1.08. The van der Waals surface area contributed by atoms with Gasteiger partial charge in [0.05, 0.1) is 6.73 Å². The Morgan fingerprint density at radius 1 is 1.86 bits per heavy atom. The number of hydrogen-bond acceptors (Lipinski definition) is 3. The van der Waals surface area contributed by atoms with Crippen LogP contribution in [0.4, 0.5) is 0 Å². The topological polar surface area (TPSA) is 45.0 Å². The molecule has 0 amide bonds. The Morgan fingerprint density at radius 3 is 3.00 bits per heavy atom. The van der Waals surface area contributed by atoms with Crippen molar-refractivity contribution in [1.29, 1.82) is 5.26 Å². The average molecular weight is 97.1 g/mol.